The highest BCUT2D eigenvalue weighted by atomic mass is 14.9. The van der Waals surface area contributed by atoms with Crippen molar-refractivity contribution in [3.63, 3.8) is 0 Å². The van der Waals surface area contributed by atoms with Gasteiger partial charge in [0.1, 0.15) is 0 Å². The molecular formula is C16H20N2. The molecule has 2 nitrogen and oxygen atoms in total. The molecule has 2 aromatic rings. The first-order chi connectivity index (χ1) is 8.88. The standard InChI is InChI=1S/C16H20N2/c1-17-13-6-2-5-12(11-13)14-7-3-9-16-15(14)8-4-10-18-16/h3-4,7-10,12-13,17H,2,5-6,11H2,1H3. The molecule has 1 aromatic carbocycles. The van der Waals surface area contributed by atoms with Crippen molar-refractivity contribution < 1.29 is 0 Å². The van der Waals surface area contributed by atoms with Crippen LogP contribution in [0.15, 0.2) is 36.5 Å². The Kier molecular flexibility index (Phi) is 3.28. The van der Waals surface area contributed by atoms with Crippen LogP contribution in [0.25, 0.3) is 10.9 Å². The van der Waals surface area contributed by atoms with Crippen LogP contribution in [0, 0.1) is 0 Å². The highest BCUT2D eigenvalue weighted by molar-refractivity contribution is 5.82. The van der Waals surface area contributed by atoms with Gasteiger partial charge in [-0.15, -0.1) is 0 Å². The molecule has 18 heavy (non-hydrogen) atoms. The molecule has 2 atom stereocenters. The number of nitrogens with zero attached hydrogens (tertiary/aromatic N) is 1. The van der Waals surface area contributed by atoms with Crippen LogP contribution in [-0.2, 0) is 0 Å². The molecule has 0 radical (unpaired) electrons. The van der Waals surface area contributed by atoms with Gasteiger partial charge < -0.3 is 5.32 Å². The van der Waals surface area contributed by atoms with E-state index in [1.165, 1.54) is 36.6 Å². The highest BCUT2D eigenvalue weighted by Gasteiger charge is 2.23. The fourth-order valence-corrected chi connectivity index (χ4v) is 3.22. The molecule has 1 aliphatic rings. The normalized spacial score (nSPS) is 24.3. The zero-order valence-electron chi connectivity index (χ0n) is 10.9. The maximum Gasteiger partial charge on any atom is 0.0704 e. The summed E-state index contributed by atoms with van der Waals surface area (Å²) in [5, 5.41) is 4.77. The van der Waals surface area contributed by atoms with Crippen molar-refractivity contribution in [3.8, 4) is 0 Å². The van der Waals surface area contributed by atoms with Gasteiger partial charge in [0.25, 0.3) is 0 Å². The Bertz CT molecular complexity index is 530. The van der Waals surface area contributed by atoms with E-state index in [0.717, 1.165) is 5.52 Å². The summed E-state index contributed by atoms with van der Waals surface area (Å²) in [5.74, 6) is 0.684. The summed E-state index contributed by atoms with van der Waals surface area (Å²) in [7, 11) is 2.08. The van der Waals surface area contributed by atoms with E-state index < -0.39 is 0 Å². The highest BCUT2D eigenvalue weighted by Crippen LogP contribution is 2.35. The van der Waals surface area contributed by atoms with Crippen LogP contribution in [0.3, 0.4) is 0 Å². The van der Waals surface area contributed by atoms with Gasteiger partial charge in [-0.05, 0) is 49.9 Å². The molecule has 1 aliphatic carbocycles. The summed E-state index contributed by atoms with van der Waals surface area (Å²) < 4.78 is 0. The van der Waals surface area contributed by atoms with E-state index in [-0.39, 0.29) is 0 Å². The number of benzene rings is 1. The van der Waals surface area contributed by atoms with Crippen LogP contribution in [0.4, 0.5) is 0 Å². The Balaban J connectivity index is 1.98. The molecule has 0 amide bonds. The predicted octanol–water partition coefficient (Wildman–Crippen LogP) is 3.48. The van der Waals surface area contributed by atoms with Gasteiger partial charge >= 0.3 is 0 Å². The predicted molar refractivity (Wildman–Crippen MR) is 75.8 cm³/mol. The molecule has 0 bridgehead atoms. The Morgan fingerprint density at radius 2 is 2.11 bits per heavy atom. The molecule has 3 rings (SSSR count). The molecule has 2 heteroatoms. The lowest BCUT2D eigenvalue weighted by molar-refractivity contribution is 0.356. The van der Waals surface area contributed by atoms with Gasteiger partial charge in [-0.1, -0.05) is 24.6 Å². The zero-order chi connectivity index (χ0) is 12.4. The van der Waals surface area contributed by atoms with Gasteiger partial charge in [0.05, 0.1) is 5.52 Å². The van der Waals surface area contributed by atoms with Gasteiger partial charge in [0, 0.05) is 17.6 Å². The monoisotopic (exact) mass is 240 g/mol. The summed E-state index contributed by atoms with van der Waals surface area (Å²) >= 11 is 0. The minimum absolute atomic E-state index is 0.677. The first-order valence-electron chi connectivity index (χ1n) is 6.89. The molecule has 0 saturated heterocycles. The van der Waals surface area contributed by atoms with Crippen LogP contribution in [0.1, 0.15) is 37.2 Å². The molecular weight excluding hydrogens is 220 g/mol. The Morgan fingerprint density at radius 1 is 1.17 bits per heavy atom. The van der Waals surface area contributed by atoms with E-state index in [1.54, 1.807) is 0 Å². The van der Waals surface area contributed by atoms with E-state index in [1.807, 2.05) is 12.3 Å². The molecule has 1 aromatic heterocycles. The summed E-state index contributed by atoms with van der Waals surface area (Å²) in [6.45, 7) is 0. The summed E-state index contributed by atoms with van der Waals surface area (Å²) in [6, 6.07) is 11.5. The molecule has 2 unspecified atom stereocenters. The van der Waals surface area contributed by atoms with Crippen molar-refractivity contribution >= 4 is 10.9 Å². The number of nitrogens with one attached hydrogen (secondary N) is 1. The van der Waals surface area contributed by atoms with Crippen molar-refractivity contribution in [1.82, 2.24) is 10.3 Å². The summed E-state index contributed by atoms with van der Waals surface area (Å²) in [5.41, 5.74) is 2.61. The lowest BCUT2D eigenvalue weighted by atomic mass is 9.80. The number of rotatable bonds is 2. The lowest BCUT2D eigenvalue weighted by Crippen LogP contribution is -2.30. The Morgan fingerprint density at radius 3 is 3.00 bits per heavy atom. The first kappa shape index (κ1) is 11.7. The zero-order valence-corrected chi connectivity index (χ0v) is 10.9. The van der Waals surface area contributed by atoms with Crippen LogP contribution in [0.5, 0.6) is 0 Å². The van der Waals surface area contributed by atoms with Gasteiger partial charge in [0.15, 0.2) is 0 Å². The topological polar surface area (TPSA) is 24.9 Å². The average Bonchev–Trinajstić information content (AvgIpc) is 2.47. The largest absolute Gasteiger partial charge is 0.317 e. The van der Waals surface area contributed by atoms with Crippen LogP contribution in [0.2, 0.25) is 0 Å². The molecule has 1 heterocycles. The third kappa shape index (κ3) is 2.13. The van der Waals surface area contributed by atoms with E-state index in [2.05, 4.69) is 41.6 Å². The molecule has 0 aliphatic heterocycles. The molecule has 1 fully saturated rings. The van der Waals surface area contributed by atoms with Crippen molar-refractivity contribution in [2.45, 2.75) is 37.6 Å². The SMILES string of the molecule is CNC1CCCC(c2cccc3ncccc23)C1. The second-order valence-corrected chi connectivity index (χ2v) is 5.27. The number of fused-ring (bicyclic) bond motifs is 1. The van der Waals surface area contributed by atoms with Crippen molar-refractivity contribution in [2.75, 3.05) is 7.05 Å². The van der Waals surface area contributed by atoms with E-state index in [4.69, 9.17) is 0 Å². The summed E-state index contributed by atoms with van der Waals surface area (Å²) in [6.07, 6.45) is 7.09. The number of hydrogen-bond acceptors (Lipinski definition) is 2. The van der Waals surface area contributed by atoms with Gasteiger partial charge in [-0.25, -0.2) is 0 Å². The molecule has 94 valence electrons. The van der Waals surface area contributed by atoms with Gasteiger partial charge in [0.2, 0.25) is 0 Å². The number of hydrogen-bond donors (Lipinski definition) is 1. The minimum atomic E-state index is 0.677. The van der Waals surface area contributed by atoms with Crippen LogP contribution >= 0.6 is 0 Å². The second kappa shape index (κ2) is 5.07. The third-order valence-corrected chi connectivity index (χ3v) is 4.20. The van der Waals surface area contributed by atoms with E-state index in [9.17, 15) is 0 Å². The van der Waals surface area contributed by atoms with Crippen LogP contribution < -0.4 is 5.32 Å². The van der Waals surface area contributed by atoms with Crippen LogP contribution in [-0.4, -0.2) is 18.1 Å². The Labute approximate surface area is 108 Å². The fourth-order valence-electron chi connectivity index (χ4n) is 3.22. The van der Waals surface area contributed by atoms with E-state index >= 15 is 0 Å². The third-order valence-electron chi connectivity index (χ3n) is 4.20. The summed E-state index contributed by atoms with van der Waals surface area (Å²) in [4.78, 5) is 4.46. The maximum atomic E-state index is 4.46. The van der Waals surface area contributed by atoms with Crippen molar-refractivity contribution in [1.29, 1.82) is 0 Å². The van der Waals surface area contributed by atoms with Gasteiger partial charge in [-0.3, -0.25) is 4.98 Å². The molecule has 0 spiro atoms. The first-order valence-corrected chi connectivity index (χ1v) is 6.89. The van der Waals surface area contributed by atoms with Crippen molar-refractivity contribution in [2.24, 2.45) is 0 Å². The van der Waals surface area contributed by atoms with Gasteiger partial charge in [-0.2, -0.15) is 0 Å². The number of pyridine rings is 1. The fraction of sp³-hybridized carbons (Fsp3) is 0.438. The second-order valence-electron chi connectivity index (χ2n) is 5.27. The van der Waals surface area contributed by atoms with E-state index in [0.29, 0.717) is 12.0 Å². The number of aromatic nitrogens is 1. The average molecular weight is 240 g/mol. The molecule has 1 saturated carbocycles. The smallest absolute Gasteiger partial charge is 0.0704 e. The minimum Gasteiger partial charge on any atom is -0.317 e. The lowest BCUT2D eigenvalue weighted by Gasteiger charge is -2.29. The quantitative estimate of drug-likeness (QED) is 0.869. The molecule has 1 N–H and O–H groups in total. The van der Waals surface area contributed by atoms with Crippen molar-refractivity contribution in [3.05, 3.63) is 42.1 Å². The maximum absolute atomic E-state index is 4.46. The Hall–Kier alpha value is -1.41.